The van der Waals surface area contributed by atoms with Crippen molar-refractivity contribution in [2.75, 3.05) is 19.6 Å². The van der Waals surface area contributed by atoms with Crippen LogP contribution in [0.15, 0.2) is 29.0 Å². The molecule has 3 rings (SSSR count). The lowest BCUT2D eigenvalue weighted by Gasteiger charge is -2.31. The van der Waals surface area contributed by atoms with E-state index in [9.17, 15) is 4.79 Å². The number of hydrogen-bond donors (Lipinski definition) is 1. The molecule has 1 aromatic heterocycles. The van der Waals surface area contributed by atoms with Gasteiger partial charge in [0.05, 0.1) is 0 Å². The summed E-state index contributed by atoms with van der Waals surface area (Å²) in [6, 6.07) is 6.39. The van der Waals surface area contributed by atoms with Gasteiger partial charge in [0.25, 0.3) is 5.91 Å². The van der Waals surface area contributed by atoms with Crippen LogP contribution in [-0.2, 0) is 6.54 Å². The van der Waals surface area contributed by atoms with Crippen LogP contribution in [0.3, 0.4) is 0 Å². The van der Waals surface area contributed by atoms with Crippen molar-refractivity contribution in [3.63, 3.8) is 0 Å². The fourth-order valence-corrected chi connectivity index (χ4v) is 4.51. The normalized spacial score (nSPS) is 16.1. The highest BCUT2D eigenvalue weighted by Crippen LogP contribution is 2.20. The standard InChI is InChI=1S/C21H28N2OS/c1-15-10-16(2)20(17(3)11-15)21(24)22-12-18-4-7-23(8-5-18)13-19-6-9-25-14-19/h6,9-11,14,18H,4-5,7-8,12-13H2,1-3H3,(H,22,24). The van der Waals surface area contributed by atoms with Crippen molar-refractivity contribution in [3.05, 3.63) is 56.8 Å². The Morgan fingerprint density at radius 2 is 1.88 bits per heavy atom. The zero-order valence-corrected chi connectivity index (χ0v) is 16.3. The predicted molar refractivity (Wildman–Crippen MR) is 105 cm³/mol. The molecular weight excluding hydrogens is 328 g/mol. The number of carbonyl (C=O) groups is 1. The van der Waals surface area contributed by atoms with E-state index in [0.717, 1.165) is 55.7 Å². The van der Waals surface area contributed by atoms with E-state index in [1.165, 1.54) is 11.1 Å². The van der Waals surface area contributed by atoms with Gasteiger partial charge in [0, 0.05) is 18.7 Å². The lowest BCUT2D eigenvalue weighted by Crippen LogP contribution is -2.38. The van der Waals surface area contributed by atoms with E-state index in [-0.39, 0.29) is 5.91 Å². The first-order valence-corrected chi connectivity index (χ1v) is 10.1. The van der Waals surface area contributed by atoms with Gasteiger partial charge in [-0.1, -0.05) is 17.7 Å². The van der Waals surface area contributed by atoms with Crippen LogP contribution in [0, 0.1) is 26.7 Å². The molecule has 0 bridgehead atoms. The Labute approximate surface area is 155 Å². The highest BCUT2D eigenvalue weighted by Gasteiger charge is 2.21. The number of rotatable bonds is 5. The average molecular weight is 357 g/mol. The van der Waals surface area contributed by atoms with Crippen molar-refractivity contribution >= 4 is 17.2 Å². The van der Waals surface area contributed by atoms with Gasteiger partial charge in [-0.15, -0.1) is 0 Å². The molecule has 0 atom stereocenters. The maximum Gasteiger partial charge on any atom is 0.251 e. The summed E-state index contributed by atoms with van der Waals surface area (Å²) in [5, 5.41) is 7.55. The number of nitrogens with one attached hydrogen (secondary N) is 1. The van der Waals surface area contributed by atoms with E-state index < -0.39 is 0 Å². The second-order valence-corrected chi connectivity index (χ2v) is 8.11. The summed E-state index contributed by atoms with van der Waals surface area (Å²) in [5.74, 6) is 0.671. The zero-order chi connectivity index (χ0) is 17.8. The van der Waals surface area contributed by atoms with E-state index in [2.05, 4.69) is 46.1 Å². The molecule has 0 saturated carbocycles. The molecule has 1 fully saturated rings. The smallest absolute Gasteiger partial charge is 0.251 e. The van der Waals surface area contributed by atoms with Crippen molar-refractivity contribution in [2.45, 2.75) is 40.2 Å². The zero-order valence-electron chi connectivity index (χ0n) is 15.5. The molecule has 25 heavy (non-hydrogen) atoms. The van der Waals surface area contributed by atoms with Crippen molar-refractivity contribution < 1.29 is 4.79 Å². The average Bonchev–Trinajstić information content (AvgIpc) is 3.06. The summed E-state index contributed by atoms with van der Waals surface area (Å²) in [7, 11) is 0. The number of benzene rings is 1. The SMILES string of the molecule is Cc1cc(C)c(C(=O)NCC2CCN(Cc3ccsc3)CC2)c(C)c1. The molecular formula is C21H28N2OS. The number of thiophene rings is 1. The highest BCUT2D eigenvalue weighted by atomic mass is 32.1. The van der Waals surface area contributed by atoms with Gasteiger partial charge < -0.3 is 5.32 Å². The van der Waals surface area contributed by atoms with Gasteiger partial charge in [-0.25, -0.2) is 0 Å². The molecule has 0 aliphatic carbocycles. The third-order valence-corrected chi connectivity index (χ3v) is 5.88. The molecule has 1 amide bonds. The number of aryl methyl sites for hydroxylation is 3. The molecule has 2 heterocycles. The van der Waals surface area contributed by atoms with Crippen LogP contribution >= 0.6 is 11.3 Å². The fraction of sp³-hybridized carbons (Fsp3) is 0.476. The van der Waals surface area contributed by atoms with Crippen LogP contribution < -0.4 is 5.32 Å². The second-order valence-electron chi connectivity index (χ2n) is 7.33. The number of carbonyl (C=O) groups excluding carboxylic acids is 1. The van der Waals surface area contributed by atoms with Gasteiger partial charge in [0.1, 0.15) is 0 Å². The van der Waals surface area contributed by atoms with Gasteiger partial charge in [-0.2, -0.15) is 11.3 Å². The van der Waals surface area contributed by atoms with Crippen LogP contribution in [0.1, 0.15) is 45.5 Å². The lowest BCUT2D eigenvalue weighted by molar-refractivity contribution is 0.0934. The minimum Gasteiger partial charge on any atom is -0.352 e. The molecule has 3 nitrogen and oxygen atoms in total. The minimum atomic E-state index is 0.0794. The summed E-state index contributed by atoms with van der Waals surface area (Å²) < 4.78 is 0. The molecule has 134 valence electrons. The van der Waals surface area contributed by atoms with E-state index in [1.54, 1.807) is 11.3 Å². The summed E-state index contributed by atoms with van der Waals surface area (Å²) in [5.41, 5.74) is 5.62. The Morgan fingerprint density at radius 1 is 1.20 bits per heavy atom. The molecule has 0 radical (unpaired) electrons. The summed E-state index contributed by atoms with van der Waals surface area (Å²) in [6.07, 6.45) is 2.33. The third kappa shape index (κ3) is 4.71. The quantitative estimate of drug-likeness (QED) is 0.865. The van der Waals surface area contributed by atoms with Gasteiger partial charge in [-0.05, 0) is 86.1 Å². The number of amides is 1. The van der Waals surface area contributed by atoms with E-state index >= 15 is 0 Å². The molecule has 2 aromatic rings. The number of piperidine rings is 1. The van der Waals surface area contributed by atoms with Gasteiger partial charge in [0.15, 0.2) is 0 Å². The second kappa shape index (κ2) is 8.15. The molecule has 4 heteroatoms. The topological polar surface area (TPSA) is 32.3 Å². The fourth-order valence-electron chi connectivity index (χ4n) is 3.85. The van der Waals surface area contributed by atoms with E-state index in [1.807, 2.05) is 13.8 Å². The number of hydrogen-bond acceptors (Lipinski definition) is 3. The Bertz CT molecular complexity index is 692. The highest BCUT2D eigenvalue weighted by molar-refractivity contribution is 7.07. The Balaban J connectivity index is 1.47. The van der Waals surface area contributed by atoms with Crippen LogP contribution in [0.25, 0.3) is 0 Å². The number of likely N-dealkylation sites (tertiary alicyclic amines) is 1. The minimum absolute atomic E-state index is 0.0794. The summed E-state index contributed by atoms with van der Waals surface area (Å²) >= 11 is 1.77. The molecule has 1 aliphatic heterocycles. The summed E-state index contributed by atoms with van der Waals surface area (Å²) in [4.78, 5) is 15.1. The van der Waals surface area contributed by atoms with Crippen molar-refractivity contribution in [1.82, 2.24) is 10.2 Å². The summed E-state index contributed by atoms with van der Waals surface area (Å²) in [6.45, 7) is 10.2. The van der Waals surface area contributed by atoms with E-state index in [4.69, 9.17) is 0 Å². The molecule has 1 aliphatic rings. The first-order valence-electron chi connectivity index (χ1n) is 9.12. The lowest BCUT2D eigenvalue weighted by atomic mass is 9.95. The molecule has 1 aromatic carbocycles. The van der Waals surface area contributed by atoms with Gasteiger partial charge in [-0.3, -0.25) is 9.69 Å². The molecule has 1 N–H and O–H groups in total. The van der Waals surface area contributed by atoms with Crippen molar-refractivity contribution in [3.8, 4) is 0 Å². The van der Waals surface area contributed by atoms with Gasteiger partial charge in [0.2, 0.25) is 0 Å². The van der Waals surface area contributed by atoms with Gasteiger partial charge >= 0.3 is 0 Å². The van der Waals surface area contributed by atoms with Crippen molar-refractivity contribution in [2.24, 2.45) is 5.92 Å². The molecule has 1 saturated heterocycles. The maximum absolute atomic E-state index is 12.6. The van der Waals surface area contributed by atoms with Crippen LogP contribution in [0.2, 0.25) is 0 Å². The Morgan fingerprint density at radius 3 is 2.48 bits per heavy atom. The first-order chi connectivity index (χ1) is 12.0. The van der Waals surface area contributed by atoms with Crippen molar-refractivity contribution in [1.29, 1.82) is 0 Å². The van der Waals surface area contributed by atoms with Crippen LogP contribution in [0.4, 0.5) is 0 Å². The van der Waals surface area contributed by atoms with E-state index in [0.29, 0.717) is 5.92 Å². The Kier molecular flexibility index (Phi) is 5.92. The largest absolute Gasteiger partial charge is 0.352 e. The molecule has 0 spiro atoms. The first kappa shape index (κ1) is 18.2. The monoisotopic (exact) mass is 356 g/mol. The van der Waals surface area contributed by atoms with Crippen LogP contribution in [0.5, 0.6) is 0 Å². The van der Waals surface area contributed by atoms with Crippen LogP contribution in [-0.4, -0.2) is 30.4 Å². The number of nitrogens with zero attached hydrogens (tertiary/aromatic N) is 1. The Hall–Kier alpha value is -1.65. The molecule has 0 unspecified atom stereocenters. The predicted octanol–water partition coefficient (Wildman–Crippen LogP) is 4.32. The third-order valence-electron chi connectivity index (χ3n) is 5.15. The maximum atomic E-state index is 12.6.